The molecule has 2 aromatic rings. The number of para-hydroxylation sites is 1. The molecule has 8 nitrogen and oxygen atoms in total. The summed E-state index contributed by atoms with van der Waals surface area (Å²) in [6, 6.07) is 18.0. The zero-order valence-corrected chi connectivity index (χ0v) is 20.4. The van der Waals surface area contributed by atoms with Gasteiger partial charge in [-0.1, -0.05) is 48.5 Å². The van der Waals surface area contributed by atoms with Crippen LogP contribution >= 0.6 is 0 Å². The predicted molar refractivity (Wildman–Crippen MR) is 133 cm³/mol. The molecular weight excluding hydrogens is 460 g/mol. The number of rotatable bonds is 7. The van der Waals surface area contributed by atoms with Crippen molar-refractivity contribution in [3.63, 3.8) is 0 Å². The van der Waals surface area contributed by atoms with Crippen molar-refractivity contribution < 1.29 is 28.9 Å². The van der Waals surface area contributed by atoms with Gasteiger partial charge >= 0.3 is 6.09 Å². The highest BCUT2D eigenvalue weighted by molar-refractivity contribution is 5.79. The maximum atomic E-state index is 12.0. The Bertz CT molecular complexity index is 1060. The number of nitrogens with zero attached hydrogens (tertiary/aromatic N) is 1. The fraction of sp³-hybridized carbons (Fsp3) is 0.500. The summed E-state index contributed by atoms with van der Waals surface area (Å²) in [5.41, 5.74) is 1.67. The van der Waals surface area contributed by atoms with Crippen molar-refractivity contribution in [1.29, 1.82) is 0 Å². The average molecular weight is 495 g/mol. The molecule has 36 heavy (non-hydrogen) atoms. The fourth-order valence-corrected chi connectivity index (χ4v) is 5.86. The van der Waals surface area contributed by atoms with Crippen molar-refractivity contribution in [1.82, 2.24) is 10.2 Å². The Morgan fingerprint density at radius 2 is 1.83 bits per heavy atom. The van der Waals surface area contributed by atoms with E-state index in [9.17, 15) is 14.7 Å². The third kappa shape index (κ3) is 5.34. The van der Waals surface area contributed by atoms with Crippen LogP contribution in [-0.4, -0.2) is 66.1 Å². The highest BCUT2D eigenvalue weighted by Crippen LogP contribution is 2.39. The second-order valence-electron chi connectivity index (χ2n) is 10.1. The number of hydrogen-bond donors (Lipinski definition) is 2. The van der Waals surface area contributed by atoms with Crippen molar-refractivity contribution in [2.24, 2.45) is 0 Å². The van der Waals surface area contributed by atoms with Gasteiger partial charge in [0, 0.05) is 6.54 Å². The number of morpholine rings is 1. The molecule has 192 valence electrons. The average Bonchev–Trinajstić information content (AvgIpc) is 3.24. The number of likely N-dealkylation sites (tertiary alicyclic amines) is 1. The van der Waals surface area contributed by atoms with Gasteiger partial charge < -0.3 is 29.5 Å². The quantitative estimate of drug-likeness (QED) is 0.605. The number of nitrogens with one attached hydrogen (secondary N) is 1. The monoisotopic (exact) mass is 494 g/mol. The Morgan fingerprint density at radius 3 is 2.58 bits per heavy atom. The zero-order valence-electron chi connectivity index (χ0n) is 20.4. The van der Waals surface area contributed by atoms with E-state index in [-0.39, 0.29) is 25.2 Å². The van der Waals surface area contributed by atoms with Crippen molar-refractivity contribution in [3.05, 3.63) is 65.7 Å². The molecule has 1 saturated carbocycles. The van der Waals surface area contributed by atoms with Crippen LogP contribution in [0.1, 0.15) is 49.1 Å². The Balaban J connectivity index is 1.17. The van der Waals surface area contributed by atoms with E-state index >= 15 is 0 Å². The van der Waals surface area contributed by atoms with E-state index in [2.05, 4.69) is 29.6 Å². The van der Waals surface area contributed by atoms with E-state index in [0.29, 0.717) is 32.1 Å². The van der Waals surface area contributed by atoms with Gasteiger partial charge in [-0.05, 0) is 55.2 Å². The lowest BCUT2D eigenvalue weighted by molar-refractivity contribution is -0.137. The number of benzene rings is 2. The van der Waals surface area contributed by atoms with Crippen molar-refractivity contribution in [2.75, 3.05) is 26.4 Å². The molecule has 1 aliphatic carbocycles. The zero-order chi connectivity index (χ0) is 25.0. The maximum Gasteiger partial charge on any atom is 0.407 e. The molecule has 8 heteroatoms. The SMILES string of the molecule is O=C1COCC2(CCN(C(=O)O)C2COC2CCC(c3ccccc3OCc3ccccc3)CC2)N1. The number of carboxylic acid groups (broad SMARTS) is 1. The minimum Gasteiger partial charge on any atom is -0.489 e. The third-order valence-corrected chi connectivity index (χ3v) is 7.80. The molecule has 1 spiro atoms. The number of carbonyl (C=O) groups excluding carboxylic acids is 1. The lowest BCUT2D eigenvalue weighted by Gasteiger charge is -2.41. The van der Waals surface area contributed by atoms with Gasteiger partial charge in [-0.25, -0.2) is 4.79 Å². The molecule has 2 N–H and O–H groups in total. The summed E-state index contributed by atoms with van der Waals surface area (Å²) in [5, 5.41) is 12.7. The summed E-state index contributed by atoms with van der Waals surface area (Å²) < 4.78 is 18.0. The Labute approximate surface area is 211 Å². The second-order valence-corrected chi connectivity index (χ2v) is 10.1. The first-order valence-corrected chi connectivity index (χ1v) is 12.8. The summed E-state index contributed by atoms with van der Waals surface area (Å²) in [6.45, 7) is 1.48. The van der Waals surface area contributed by atoms with Gasteiger partial charge in [-0.3, -0.25) is 4.79 Å². The smallest absolute Gasteiger partial charge is 0.407 e. The molecule has 2 amide bonds. The molecule has 2 saturated heterocycles. The van der Waals surface area contributed by atoms with E-state index in [1.165, 1.54) is 10.5 Å². The van der Waals surface area contributed by atoms with Crippen LogP contribution in [0, 0.1) is 0 Å². The van der Waals surface area contributed by atoms with Crippen LogP contribution in [0.4, 0.5) is 4.79 Å². The van der Waals surface area contributed by atoms with Gasteiger partial charge in [0.25, 0.3) is 0 Å². The molecule has 0 aromatic heterocycles. The summed E-state index contributed by atoms with van der Waals surface area (Å²) in [5.74, 6) is 1.13. The van der Waals surface area contributed by atoms with Crippen LogP contribution < -0.4 is 10.1 Å². The summed E-state index contributed by atoms with van der Waals surface area (Å²) >= 11 is 0. The highest BCUT2D eigenvalue weighted by atomic mass is 16.5. The van der Waals surface area contributed by atoms with Gasteiger partial charge in [0.05, 0.1) is 30.9 Å². The van der Waals surface area contributed by atoms with Gasteiger partial charge in [0.2, 0.25) is 5.91 Å². The lowest BCUT2D eigenvalue weighted by Crippen LogP contribution is -2.65. The van der Waals surface area contributed by atoms with Crippen LogP contribution in [-0.2, 0) is 20.9 Å². The Morgan fingerprint density at radius 1 is 1.08 bits per heavy atom. The molecule has 2 unspecified atom stereocenters. The largest absolute Gasteiger partial charge is 0.489 e. The Kier molecular flexibility index (Phi) is 7.43. The first kappa shape index (κ1) is 24.6. The molecule has 2 aromatic carbocycles. The van der Waals surface area contributed by atoms with Gasteiger partial charge in [0.1, 0.15) is 19.0 Å². The van der Waals surface area contributed by atoms with Crippen LogP contribution in [0.25, 0.3) is 0 Å². The summed E-state index contributed by atoms with van der Waals surface area (Å²) in [4.78, 5) is 25.3. The third-order valence-electron chi connectivity index (χ3n) is 7.80. The fourth-order valence-electron chi connectivity index (χ4n) is 5.86. The van der Waals surface area contributed by atoms with Crippen LogP contribution in [0.2, 0.25) is 0 Å². The molecule has 2 aliphatic heterocycles. The molecular formula is C28H34N2O6. The normalized spacial score (nSPS) is 28.2. The van der Waals surface area contributed by atoms with Gasteiger partial charge in [-0.15, -0.1) is 0 Å². The number of carbonyl (C=O) groups is 2. The molecule has 3 aliphatic rings. The first-order chi connectivity index (χ1) is 17.5. The minimum absolute atomic E-state index is 0.0168. The van der Waals surface area contributed by atoms with E-state index in [1.54, 1.807) is 0 Å². The van der Waals surface area contributed by atoms with Crippen molar-refractivity contribution >= 4 is 12.0 Å². The maximum absolute atomic E-state index is 12.0. The molecule has 0 bridgehead atoms. The van der Waals surface area contributed by atoms with Crippen LogP contribution in [0.5, 0.6) is 5.75 Å². The molecule has 3 fully saturated rings. The standard InChI is InChI=1S/C28H34N2O6/c31-26-18-34-19-28(29-26)14-15-30(27(32)33)25(28)17-35-22-12-10-21(11-13-22)23-8-4-5-9-24(23)36-16-20-6-2-1-3-7-20/h1-9,21-22,25H,10-19H2,(H,29,31)(H,32,33). The van der Waals surface area contributed by atoms with E-state index in [4.69, 9.17) is 14.2 Å². The number of hydrogen-bond acceptors (Lipinski definition) is 5. The predicted octanol–water partition coefficient (Wildman–Crippen LogP) is 3.95. The number of amides is 2. The van der Waals surface area contributed by atoms with E-state index in [0.717, 1.165) is 37.0 Å². The van der Waals surface area contributed by atoms with Crippen LogP contribution in [0.3, 0.4) is 0 Å². The molecule has 2 heterocycles. The lowest BCUT2D eigenvalue weighted by atomic mass is 9.82. The number of ether oxygens (including phenoxy) is 3. The van der Waals surface area contributed by atoms with E-state index in [1.807, 2.05) is 30.3 Å². The molecule has 5 rings (SSSR count). The molecule has 2 atom stereocenters. The Hall–Kier alpha value is -3.10. The van der Waals surface area contributed by atoms with Crippen molar-refractivity contribution in [3.8, 4) is 5.75 Å². The van der Waals surface area contributed by atoms with Gasteiger partial charge in [0.15, 0.2) is 0 Å². The first-order valence-electron chi connectivity index (χ1n) is 12.8. The highest BCUT2D eigenvalue weighted by Gasteiger charge is 2.52. The van der Waals surface area contributed by atoms with Crippen molar-refractivity contribution in [2.45, 2.75) is 62.3 Å². The minimum atomic E-state index is -0.990. The van der Waals surface area contributed by atoms with E-state index < -0.39 is 17.7 Å². The topological polar surface area (TPSA) is 97.3 Å². The van der Waals surface area contributed by atoms with Crippen LogP contribution in [0.15, 0.2) is 54.6 Å². The van der Waals surface area contributed by atoms with Gasteiger partial charge in [-0.2, -0.15) is 0 Å². The molecule has 0 radical (unpaired) electrons. The summed E-state index contributed by atoms with van der Waals surface area (Å²) in [7, 11) is 0. The summed E-state index contributed by atoms with van der Waals surface area (Å²) in [6.07, 6.45) is 3.36. The second kappa shape index (κ2) is 10.9.